The van der Waals surface area contributed by atoms with E-state index in [0.717, 1.165) is 12.7 Å². The summed E-state index contributed by atoms with van der Waals surface area (Å²) >= 11 is 16.3. The van der Waals surface area contributed by atoms with Gasteiger partial charge >= 0.3 is 11.9 Å². The molecule has 2 aromatic rings. The Labute approximate surface area is 209 Å². The van der Waals surface area contributed by atoms with E-state index in [-0.39, 0.29) is 18.2 Å². The number of carbonyl (C=O) groups excluding carboxylic acids is 2. The molecule has 0 aromatic heterocycles. The molecular weight excluding hydrogens is 659 g/mol. The highest BCUT2D eigenvalue weighted by atomic mass is 127. The lowest BCUT2D eigenvalue weighted by Gasteiger charge is -2.11. The number of cyclic esters (lactones) is 1. The van der Waals surface area contributed by atoms with Crippen LogP contribution in [0.25, 0.3) is 6.08 Å². The average molecular weight is 672 g/mol. The third kappa shape index (κ3) is 5.65. The Bertz CT molecular complexity index is 1060. The zero-order valence-electron chi connectivity index (χ0n) is 15.4. The van der Waals surface area contributed by atoms with Gasteiger partial charge in [-0.25, -0.2) is 14.6 Å². The van der Waals surface area contributed by atoms with Gasteiger partial charge in [0.25, 0.3) is 0 Å². The van der Waals surface area contributed by atoms with Crippen molar-refractivity contribution in [2.24, 2.45) is 4.99 Å². The van der Waals surface area contributed by atoms with E-state index in [2.05, 4.69) is 50.2 Å². The SMILES string of the molecule is CCOC(=O)COc1c(I)cc(/C=C2\N=C(c3ccc(Cl)cc3Cl)OC2=O)cc1I. The Kier molecular flexibility index (Phi) is 7.99. The third-order valence-electron chi connectivity index (χ3n) is 3.75. The van der Waals surface area contributed by atoms with Gasteiger partial charge in [0, 0.05) is 5.02 Å². The molecule has 0 spiro atoms. The number of aliphatic imine (C=N–C) groups is 1. The molecule has 0 fully saturated rings. The fourth-order valence-corrected chi connectivity index (χ4v) is 5.10. The first-order valence-electron chi connectivity index (χ1n) is 8.54. The Hall–Kier alpha value is -1.37. The monoisotopic (exact) mass is 671 g/mol. The number of ether oxygens (including phenoxy) is 3. The van der Waals surface area contributed by atoms with Gasteiger partial charge in [0.05, 0.1) is 24.3 Å². The minimum atomic E-state index is -0.580. The highest BCUT2D eigenvalue weighted by molar-refractivity contribution is 14.1. The predicted molar refractivity (Wildman–Crippen MR) is 131 cm³/mol. The van der Waals surface area contributed by atoms with Gasteiger partial charge in [-0.05, 0) is 94.1 Å². The highest BCUT2D eigenvalue weighted by Gasteiger charge is 2.26. The lowest BCUT2D eigenvalue weighted by molar-refractivity contribution is -0.145. The Morgan fingerprint density at radius 1 is 1.20 bits per heavy atom. The highest BCUT2D eigenvalue weighted by Crippen LogP contribution is 2.31. The minimum absolute atomic E-state index is 0.117. The summed E-state index contributed by atoms with van der Waals surface area (Å²) in [7, 11) is 0. The van der Waals surface area contributed by atoms with Crippen molar-refractivity contribution in [2.45, 2.75) is 6.92 Å². The van der Waals surface area contributed by atoms with Crippen LogP contribution in [0, 0.1) is 7.14 Å². The van der Waals surface area contributed by atoms with Crippen molar-refractivity contribution < 1.29 is 23.8 Å². The summed E-state index contributed by atoms with van der Waals surface area (Å²) in [5.41, 5.74) is 1.35. The predicted octanol–water partition coefficient (Wildman–Crippen LogP) is 5.49. The summed E-state index contributed by atoms with van der Waals surface area (Å²) in [5.74, 6) is -0.334. The molecule has 3 rings (SSSR count). The molecule has 6 nitrogen and oxygen atoms in total. The third-order valence-corrected chi connectivity index (χ3v) is 5.90. The maximum Gasteiger partial charge on any atom is 0.363 e. The van der Waals surface area contributed by atoms with Crippen LogP contribution in [0.5, 0.6) is 5.75 Å². The first-order chi connectivity index (χ1) is 14.3. The van der Waals surface area contributed by atoms with Crippen LogP contribution in [0.2, 0.25) is 10.0 Å². The Morgan fingerprint density at radius 3 is 2.53 bits per heavy atom. The molecule has 0 amide bonds. The summed E-state index contributed by atoms with van der Waals surface area (Å²) in [6, 6.07) is 8.45. The number of benzene rings is 2. The summed E-state index contributed by atoms with van der Waals surface area (Å²) in [4.78, 5) is 28.0. The quantitative estimate of drug-likeness (QED) is 0.231. The van der Waals surface area contributed by atoms with Crippen molar-refractivity contribution in [2.75, 3.05) is 13.2 Å². The summed E-state index contributed by atoms with van der Waals surface area (Å²) in [5, 5.41) is 0.807. The summed E-state index contributed by atoms with van der Waals surface area (Å²) in [6.45, 7) is 1.85. The van der Waals surface area contributed by atoms with Crippen LogP contribution in [0.15, 0.2) is 41.0 Å². The van der Waals surface area contributed by atoms with E-state index in [9.17, 15) is 9.59 Å². The molecule has 0 saturated carbocycles. The second-order valence-electron chi connectivity index (χ2n) is 5.87. The van der Waals surface area contributed by atoms with Crippen molar-refractivity contribution in [3.63, 3.8) is 0 Å². The lowest BCUT2D eigenvalue weighted by atomic mass is 10.2. The van der Waals surface area contributed by atoms with Gasteiger partial charge in [-0.1, -0.05) is 23.2 Å². The second kappa shape index (κ2) is 10.3. The number of hydrogen-bond donors (Lipinski definition) is 0. The van der Waals surface area contributed by atoms with Crippen molar-refractivity contribution in [3.05, 3.63) is 64.3 Å². The maximum absolute atomic E-state index is 12.3. The van der Waals surface area contributed by atoms with Crippen LogP contribution in [-0.4, -0.2) is 31.1 Å². The molecule has 156 valence electrons. The number of nitrogens with zero attached hydrogens (tertiary/aromatic N) is 1. The molecule has 10 heteroatoms. The molecular formula is C20H13Cl2I2NO5. The molecule has 1 aliphatic rings. The van der Waals surface area contributed by atoms with Crippen molar-refractivity contribution in [1.29, 1.82) is 0 Å². The standard InChI is InChI=1S/C20H13Cl2I2NO5/c1-2-28-17(26)9-29-18-14(23)5-10(6-15(18)24)7-16-20(27)30-19(25-16)12-4-3-11(21)8-13(12)22/h3-8H,2,9H2,1H3/b16-7-. The van der Waals surface area contributed by atoms with Gasteiger partial charge in [0.15, 0.2) is 12.3 Å². The molecule has 0 radical (unpaired) electrons. The molecule has 0 unspecified atom stereocenters. The minimum Gasteiger partial charge on any atom is -0.480 e. The zero-order chi connectivity index (χ0) is 21.8. The van der Waals surface area contributed by atoms with Crippen LogP contribution in [-0.2, 0) is 19.1 Å². The van der Waals surface area contributed by atoms with E-state index in [1.54, 1.807) is 31.2 Å². The number of esters is 2. The molecule has 0 aliphatic carbocycles. The van der Waals surface area contributed by atoms with Gasteiger partial charge in [-0.15, -0.1) is 0 Å². The summed E-state index contributed by atoms with van der Waals surface area (Å²) < 4.78 is 17.2. The molecule has 0 atom stereocenters. The van der Waals surface area contributed by atoms with Crippen LogP contribution >= 0.6 is 68.4 Å². The van der Waals surface area contributed by atoms with Crippen LogP contribution in [0.4, 0.5) is 0 Å². The van der Waals surface area contributed by atoms with Gasteiger partial charge in [0.2, 0.25) is 5.90 Å². The van der Waals surface area contributed by atoms with E-state index in [0.29, 0.717) is 28.0 Å². The van der Waals surface area contributed by atoms with Crippen LogP contribution < -0.4 is 4.74 Å². The fraction of sp³-hybridized carbons (Fsp3) is 0.150. The first-order valence-corrected chi connectivity index (χ1v) is 11.4. The molecule has 0 saturated heterocycles. The number of hydrogen-bond acceptors (Lipinski definition) is 6. The van der Waals surface area contributed by atoms with Gasteiger partial charge in [0.1, 0.15) is 5.75 Å². The number of rotatable bonds is 6. The first kappa shape index (κ1) is 23.3. The van der Waals surface area contributed by atoms with Crippen molar-refractivity contribution in [1.82, 2.24) is 0 Å². The van der Waals surface area contributed by atoms with Crippen LogP contribution in [0.3, 0.4) is 0 Å². The summed E-state index contributed by atoms with van der Waals surface area (Å²) in [6.07, 6.45) is 1.61. The number of carbonyl (C=O) groups is 2. The number of halogens is 4. The van der Waals surface area contributed by atoms with Gasteiger partial charge in [-0.3, -0.25) is 0 Å². The second-order valence-corrected chi connectivity index (χ2v) is 9.04. The molecule has 1 aliphatic heterocycles. The molecule has 1 heterocycles. The van der Waals surface area contributed by atoms with E-state index in [4.69, 9.17) is 37.4 Å². The maximum atomic E-state index is 12.3. The Balaban J connectivity index is 1.84. The normalized spacial score (nSPS) is 14.5. The molecule has 0 N–H and O–H groups in total. The van der Waals surface area contributed by atoms with E-state index >= 15 is 0 Å². The van der Waals surface area contributed by atoms with Gasteiger partial charge in [-0.2, -0.15) is 0 Å². The molecule has 2 aromatic carbocycles. The fourth-order valence-electron chi connectivity index (χ4n) is 2.48. The van der Waals surface area contributed by atoms with Crippen molar-refractivity contribution >= 4 is 92.3 Å². The Morgan fingerprint density at radius 2 is 1.90 bits per heavy atom. The molecule has 0 bridgehead atoms. The topological polar surface area (TPSA) is 74.2 Å². The van der Waals surface area contributed by atoms with Crippen LogP contribution in [0.1, 0.15) is 18.1 Å². The average Bonchev–Trinajstić information content (AvgIpc) is 3.01. The van der Waals surface area contributed by atoms with E-state index < -0.39 is 11.9 Å². The molecule has 30 heavy (non-hydrogen) atoms. The largest absolute Gasteiger partial charge is 0.480 e. The van der Waals surface area contributed by atoms with Crippen molar-refractivity contribution in [3.8, 4) is 5.75 Å². The zero-order valence-corrected chi connectivity index (χ0v) is 21.2. The smallest absolute Gasteiger partial charge is 0.363 e. The van der Waals surface area contributed by atoms with E-state index in [1.165, 1.54) is 0 Å². The van der Waals surface area contributed by atoms with Gasteiger partial charge < -0.3 is 14.2 Å². The van der Waals surface area contributed by atoms with E-state index in [1.807, 2.05) is 12.1 Å². The lowest BCUT2D eigenvalue weighted by Crippen LogP contribution is -2.15.